The molecule has 1 aromatic heterocycles. The number of para-hydroxylation sites is 2. The summed E-state index contributed by atoms with van der Waals surface area (Å²) in [7, 11) is 1.54. The van der Waals surface area contributed by atoms with Gasteiger partial charge in [-0.2, -0.15) is 0 Å². The predicted molar refractivity (Wildman–Crippen MR) is 91.5 cm³/mol. The Kier molecular flexibility index (Phi) is 6.39. The number of hydrogen-bond donors (Lipinski definition) is 3. The molecule has 0 aliphatic rings. The van der Waals surface area contributed by atoms with Gasteiger partial charge in [0.1, 0.15) is 5.82 Å². The van der Waals surface area contributed by atoms with E-state index in [-0.39, 0.29) is 12.5 Å². The van der Waals surface area contributed by atoms with E-state index in [1.807, 2.05) is 6.07 Å². The van der Waals surface area contributed by atoms with E-state index in [9.17, 15) is 9.90 Å². The first kappa shape index (κ1) is 17.6. The summed E-state index contributed by atoms with van der Waals surface area (Å²) in [6.07, 6.45) is 1.07. The molecule has 0 radical (unpaired) electrons. The van der Waals surface area contributed by atoms with E-state index < -0.39 is 6.10 Å². The Morgan fingerprint density at radius 3 is 2.62 bits per heavy atom. The fourth-order valence-corrected chi connectivity index (χ4v) is 1.90. The summed E-state index contributed by atoms with van der Waals surface area (Å²) < 4.78 is 10.6. The number of pyridine rings is 1. The smallest absolute Gasteiger partial charge is 0.262 e. The number of aliphatic hydroxyl groups excluding tert-OH is 1. The molecule has 1 amide bonds. The van der Waals surface area contributed by atoms with Crippen LogP contribution >= 0.6 is 0 Å². The molecule has 128 valence electrons. The summed E-state index contributed by atoms with van der Waals surface area (Å²) in [5, 5.41) is 14.9. The van der Waals surface area contributed by atoms with Gasteiger partial charge in [0.15, 0.2) is 18.1 Å². The number of ether oxygens (including phenoxy) is 2. The fraction of sp³-hybridized carbons (Fsp3) is 0.294. The van der Waals surface area contributed by atoms with E-state index in [2.05, 4.69) is 15.6 Å². The highest BCUT2D eigenvalue weighted by Crippen LogP contribution is 2.25. The van der Waals surface area contributed by atoms with Gasteiger partial charge in [0.05, 0.1) is 25.1 Å². The van der Waals surface area contributed by atoms with Crippen LogP contribution in [0.3, 0.4) is 0 Å². The molecule has 7 heteroatoms. The Labute approximate surface area is 140 Å². The number of hydrogen-bond acceptors (Lipinski definition) is 6. The van der Waals surface area contributed by atoms with Crippen molar-refractivity contribution < 1.29 is 19.4 Å². The first-order valence-corrected chi connectivity index (χ1v) is 7.52. The highest BCUT2D eigenvalue weighted by molar-refractivity contribution is 5.91. The molecule has 3 N–H and O–H groups in total. The predicted octanol–water partition coefficient (Wildman–Crippen LogP) is 1.90. The Hall–Kier alpha value is -2.80. The van der Waals surface area contributed by atoms with Crippen molar-refractivity contribution in [2.24, 2.45) is 0 Å². The van der Waals surface area contributed by atoms with Crippen LogP contribution in [0.1, 0.15) is 6.92 Å². The van der Waals surface area contributed by atoms with Crippen molar-refractivity contribution >= 4 is 17.4 Å². The Morgan fingerprint density at radius 2 is 2.00 bits per heavy atom. The van der Waals surface area contributed by atoms with E-state index in [1.54, 1.807) is 44.4 Å². The largest absolute Gasteiger partial charge is 0.493 e. The third kappa shape index (κ3) is 5.44. The second-order valence-electron chi connectivity index (χ2n) is 5.15. The van der Waals surface area contributed by atoms with Gasteiger partial charge < -0.3 is 25.2 Å². The minimum Gasteiger partial charge on any atom is -0.493 e. The Balaban J connectivity index is 1.83. The van der Waals surface area contributed by atoms with Crippen molar-refractivity contribution in [2.75, 3.05) is 30.9 Å². The third-order valence-corrected chi connectivity index (χ3v) is 3.05. The molecule has 1 unspecified atom stereocenters. The van der Waals surface area contributed by atoms with Gasteiger partial charge in [-0.25, -0.2) is 4.98 Å². The van der Waals surface area contributed by atoms with Crippen molar-refractivity contribution in [3.63, 3.8) is 0 Å². The lowest BCUT2D eigenvalue weighted by molar-refractivity contribution is -0.118. The van der Waals surface area contributed by atoms with Gasteiger partial charge in [-0.1, -0.05) is 12.1 Å². The van der Waals surface area contributed by atoms with Crippen molar-refractivity contribution in [1.82, 2.24) is 4.98 Å². The highest BCUT2D eigenvalue weighted by atomic mass is 16.5. The van der Waals surface area contributed by atoms with Gasteiger partial charge in [-0.3, -0.25) is 4.79 Å². The lowest BCUT2D eigenvalue weighted by Gasteiger charge is -2.11. The summed E-state index contributed by atoms with van der Waals surface area (Å²) in [6.45, 7) is 1.96. The summed E-state index contributed by atoms with van der Waals surface area (Å²) in [5.41, 5.74) is 0.561. The summed E-state index contributed by atoms with van der Waals surface area (Å²) >= 11 is 0. The number of aliphatic hydroxyl groups is 1. The maximum atomic E-state index is 11.9. The minimum atomic E-state index is -0.460. The van der Waals surface area contributed by atoms with Gasteiger partial charge in [-0.15, -0.1) is 0 Å². The van der Waals surface area contributed by atoms with Crippen LogP contribution in [0, 0.1) is 0 Å². The van der Waals surface area contributed by atoms with E-state index >= 15 is 0 Å². The van der Waals surface area contributed by atoms with Crippen molar-refractivity contribution in [3.05, 3.63) is 42.6 Å². The zero-order valence-corrected chi connectivity index (χ0v) is 13.7. The van der Waals surface area contributed by atoms with Crippen LogP contribution in [0.15, 0.2) is 42.6 Å². The van der Waals surface area contributed by atoms with Gasteiger partial charge in [-0.05, 0) is 31.2 Å². The quantitative estimate of drug-likeness (QED) is 0.684. The number of rotatable bonds is 8. The SMILES string of the molecule is COc1ccccc1OCC(=O)Nc1ccc(NCC(C)O)nc1. The number of benzene rings is 1. The zero-order valence-electron chi connectivity index (χ0n) is 13.7. The molecule has 2 rings (SSSR count). The normalized spacial score (nSPS) is 11.5. The molecule has 1 heterocycles. The number of anilines is 2. The molecular formula is C17H21N3O4. The summed E-state index contributed by atoms with van der Waals surface area (Å²) in [6, 6.07) is 10.6. The van der Waals surface area contributed by atoms with Gasteiger partial charge >= 0.3 is 0 Å². The summed E-state index contributed by atoms with van der Waals surface area (Å²) in [5.74, 6) is 1.40. The first-order valence-electron chi connectivity index (χ1n) is 7.52. The Morgan fingerprint density at radius 1 is 1.25 bits per heavy atom. The molecule has 7 nitrogen and oxygen atoms in total. The van der Waals surface area contributed by atoms with Crippen LogP contribution in [-0.4, -0.2) is 42.4 Å². The second-order valence-corrected chi connectivity index (χ2v) is 5.15. The molecule has 0 saturated carbocycles. The van der Waals surface area contributed by atoms with E-state index in [0.29, 0.717) is 29.5 Å². The minimum absolute atomic E-state index is 0.137. The fourth-order valence-electron chi connectivity index (χ4n) is 1.90. The van der Waals surface area contributed by atoms with Crippen LogP contribution in [0.2, 0.25) is 0 Å². The molecule has 1 atom stereocenters. The molecule has 0 spiro atoms. The molecular weight excluding hydrogens is 310 g/mol. The number of nitrogens with zero attached hydrogens (tertiary/aromatic N) is 1. The lowest BCUT2D eigenvalue weighted by Crippen LogP contribution is -2.20. The monoisotopic (exact) mass is 331 g/mol. The molecule has 2 aromatic rings. The van der Waals surface area contributed by atoms with Crippen molar-refractivity contribution in [3.8, 4) is 11.5 Å². The van der Waals surface area contributed by atoms with Gasteiger partial charge in [0, 0.05) is 6.54 Å². The molecule has 0 fully saturated rings. The molecule has 0 bridgehead atoms. The number of carbonyl (C=O) groups is 1. The molecule has 1 aromatic carbocycles. The first-order chi connectivity index (χ1) is 11.6. The average molecular weight is 331 g/mol. The number of nitrogens with one attached hydrogen (secondary N) is 2. The van der Waals surface area contributed by atoms with Crippen LogP contribution in [0.25, 0.3) is 0 Å². The van der Waals surface area contributed by atoms with E-state index in [0.717, 1.165) is 0 Å². The number of carbonyl (C=O) groups excluding carboxylic acids is 1. The summed E-state index contributed by atoms with van der Waals surface area (Å²) in [4.78, 5) is 16.1. The van der Waals surface area contributed by atoms with Crippen LogP contribution < -0.4 is 20.1 Å². The van der Waals surface area contributed by atoms with E-state index in [4.69, 9.17) is 9.47 Å². The van der Waals surface area contributed by atoms with Gasteiger partial charge in [0.2, 0.25) is 0 Å². The molecule has 24 heavy (non-hydrogen) atoms. The van der Waals surface area contributed by atoms with E-state index in [1.165, 1.54) is 6.20 Å². The zero-order chi connectivity index (χ0) is 17.4. The van der Waals surface area contributed by atoms with Crippen LogP contribution in [-0.2, 0) is 4.79 Å². The highest BCUT2D eigenvalue weighted by Gasteiger charge is 2.07. The van der Waals surface area contributed by atoms with Crippen molar-refractivity contribution in [2.45, 2.75) is 13.0 Å². The lowest BCUT2D eigenvalue weighted by atomic mass is 10.3. The molecule has 0 aliphatic carbocycles. The third-order valence-electron chi connectivity index (χ3n) is 3.05. The van der Waals surface area contributed by atoms with Crippen LogP contribution in [0.4, 0.5) is 11.5 Å². The van der Waals surface area contributed by atoms with Crippen molar-refractivity contribution in [1.29, 1.82) is 0 Å². The number of amides is 1. The molecule has 0 saturated heterocycles. The van der Waals surface area contributed by atoms with Crippen LogP contribution in [0.5, 0.6) is 11.5 Å². The molecule has 0 aliphatic heterocycles. The topological polar surface area (TPSA) is 92.7 Å². The average Bonchev–Trinajstić information content (AvgIpc) is 2.59. The Bertz CT molecular complexity index is 659. The second kappa shape index (κ2) is 8.73. The number of aromatic nitrogens is 1. The standard InChI is InChI=1S/C17H21N3O4/c1-12(21)9-18-16-8-7-13(10-19-16)20-17(22)11-24-15-6-4-3-5-14(15)23-2/h3-8,10,12,21H,9,11H2,1-2H3,(H,18,19)(H,20,22). The van der Waals surface area contributed by atoms with Gasteiger partial charge in [0.25, 0.3) is 5.91 Å². The maximum absolute atomic E-state index is 11.9. The number of methoxy groups -OCH3 is 1. The maximum Gasteiger partial charge on any atom is 0.262 e.